The van der Waals surface area contributed by atoms with Crippen LogP contribution in [0.25, 0.3) is 0 Å². The number of amides is 2. The summed E-state index contributed by atoms with van der Waals surface area (Å²) in [5, 5.41) is 0.717. The second-order valence-corrected chi connectivity index (χ2v) is 9.16. The van der Waals surface area contributed by atoms with Crippen LogP contribution in [-0.4, -0.2) is 24.9 Å². The van der Waals surface area contributed by atoms with Gasteiger partial charge in [0.05, 0.1) is 0 Å². The molecule has 5 rings (SSSR count). The highest BCUT2D eigenvalue weighted by Crippen LogP contribution is 2.33. The molecular formula is C26H25ClN4O2. The highest BCUT2D eigenvalue weighted by atomic mass is 35.5. The van der Waals surface area contributed by atoms with Gasteiger partial charge in [-0.15, -0.1) is 0 Å². The molecule has 2 amide bonds. The first-order valence-electron chi connectivity index (χ1n) is 11.0. The molecule has 0 aliphatic carbocycles. The van der Waals surface area contributed by atoms with E-state index in [0.29, 0.717) is 11.1 Å². The third kappa shape index (κ3) is 4.26. The zero-order chi connectivity index (χ0) is 23.1. The number of anilines is 2. The van der Waals surface area contributed by atoms with Gasteiger partial charge in [-0.25, -0.2) is 0 Å². The number of carbonyl (C=O) groups is 2. The molecule has 0 aromatic heterocycles. The van der Waals surface area contributed by atoms with Crippen molar-refractivity contribution in [3.05, 3.63) is 93.0 Å². The maximum atomic E-state index is 11.5. The zero-order valence-corrected chi connectivity index (χ0v) is 18.9. The van der Waals surface area contributed by atoms with Crippen LogP contribution in [0.4, 0.5) is 11.4 Å². The minimum absolute atomic E-state index is 0.398. The van der Waals surface area contributed by atoms with Crippen molar-refractivity contribution in [1.82, 2.24) is 0 Å². The fourth-order valence-corrected chi connectivity index (χ4v) is 5.20. The van der Waals surface area contributed by atoms with Crippen LogP contribution in [0.5, 0.6) is 0 Å². The van der Waals surface area contributed by atoms with E-state index in [4.69, 9.17) is 23.1 Å². The topological polar surface area (TPSA) is 92.7 Å². The van der Waals surface area contributed by atoms with E-state index in [2.05, 4.69) is 15.9 Å². The molecule has 4 N–H and O–H groups in total. The molecule has 6 nitrogen and oxygen atoms in total. The number of hydrogen-bond donors (Lipinski definition) is 2. The Kier molecular flexibility index (Phi) is 5.46. The molecule has 0 unspecified atom stereocenters. The molecule has 7 heteroatoms. The van der Waals surface area contributed by atoms with E-state index in [-0.39, 0.29) is 0 Å². The Labute approximate surface area is 197 Å². The Morgan fingerprint density at radius 2 is 1.18 bits per heavy atom. The molecule has 0 fully saturated rings. The number of hydrogen-bond acceptors (Lipinski definition) is 4. The van der Waals surface area contributed by atoms with Crippen LogP contribution < -0.4 is 21.3 Å². The van der Waals surface area contributed by atoms with Crippen molar-refractivity contribution in [1.29, 1.82) is 0 Å². The standard InChI is InChI=1S/C26H25ClN4O2/c27-22-10-16(14-30-7-5-18-12-20(25(28)32)1-3-23(18)30)9-17(11-22)15-31-8-6-19-13-21(26(29)33)2-4-24(19)31/h1-4,9-13H,5-8,14-15H2,(H2,28,32)(H2,29,33). The van der Waals surface area contributed by atoms with Gasteiger partial charge in [0.1, 0.15) is 0 Å². The van der Waals surface area contributed by atoms with Gasteiger partial charge in [0.25, 0.3) is 0 Å². The summed E-state index contributed by atoms with van der Waals surface area (Å²) in [6, 6.07) is 17.6. The van der Waals surface area contributed by atoms with E-state index in [0.717, 1.165) is 77.7 Å². The average Bonchev–Trinajstić information content (AvgIpc) is 3.36. The van der Waals surface area contributed by atoms with Crippen LogP contribution in [0.15, 0.2) is 54.6 Å². The normalized spacial score (nSPS) is 14.3. The molecule has 0 spiro atoms. The number of fused-ring (bicyclic) bond motifs is 2. The molecule has 2 aliphatic heterocycles. The Balaban J connectivity index is 1.34. The van der Waals surface area contributed by atoms with Gasteiger partial charge < -0.3 is 21.3 Å². The van der Waals surface area contributed by atoms with Gasteiger partial charge in [0.2, 0.25) is 11.8 Å². The number of primary amides is 2. The molecule has 2 aliphatic rings. The number of nitrogens with two attached hydrogens (primary N) is 2. The van der Waals surface area contributed by atoms with Crippen LogP contribution in [0, 0.1) is 0 Å². The van der Waals surface area contributed by atoms with Crippen molar-refractivity contribution in [2.75, 3.05) is 22.9 Å². The lowest BCUT2D eigenvalue weighted by Crippen LogP contribution is -2.21. The molecule has 0 bridgehead atoms. The minimum Gasteiger partial charge on any atom is -0.367 e. The zero-order valence-electron chi connectivity index (χ0n) is 18.2. The molecule has 168 valence electrons. The first kappa shape index (κ1) is 21.3. The summed E-state index contributed by atoms with van der Waals surface area (Å²) in [6.45, 7) is 3.27. The number of benzene rings is 3. The Morgan fingerprint density at radius 1 is 0.727 bits per heavy atom. The summed E-state index contributed by atoms with van der Waals surface area (Å²) < 4.78 is 0. The van der Waals surface area contributed by atoms with Crippen LogP contribution in [-0.2, 0) is 25.9 Å². The van der Waals surface area contributed by atoms with Gasteiger partial charge >= 0.3 is 0 Å². The van der Waals surface area contributed by atoms with Crippen LogP contribution in [0.2, 0.25) is 5.02 Å². The summed E-state index contributed by atoms with van der Waals surface area (Å²) in [4.78, 5) is 27.6. The number of carbonyl (C=O) groups excluding carboxylic acids is 2. The van der Waals surface area contributed by atoms with Crippen molar-refractivity contribution in [3.8, 4) is 0 Å². The maximum Gasteiger partial charge on any atom is 0.248 e. The summed E-state index contributed by atoms with van der Waals surface area (Å²) in [5.74, 6) is -0.796. The Hall–Kier alpha value is -3.51. The molecule has 3 aromatic carbocycles. The Bertz CT molecular complexity index is 1180. The van der Waals surface area contributed by atoms with E-state index < -0.39 is 11.8 Å². The van der Waals surface area contributed by atoms with Gasteiger partial charge in [-0.1, -0.05) is 17.7 Å². The quantitative estimate of drug-likeness (QED) is 0.587. The molecule has 0 radical (unpaired) electrons. The molecule has 3 aromatic rings. The molecule has 33 heavy (non-hydrogen) atoms. The first-order chi connectivity index (χ1) is 15.9. The van der Waals surface area contributed by atoms with Crippen molar-refractivity contribution in [3.63, 3.8) is 0 Å². The number of halogens is 1. The predicted octanol–water partition coefficient (Wildman–Crippen LogP) is 3.66. The van der Waals surface area contributed by atoms with Crippen LogP contribution in [0.3, 0.4) is 0 Å². The molecule has 0 saturated carbocycles. The lowest BCUT2D eigenvalue weighted by Gasteiger charge is -2.22. The lowest BCUT2D eigenvalue weighted by molar-refractivity contribution is 0.0992. The third-order valence-corrected chi connectivity index (χ3v) is 6.69. The van der Waals surface area contributed by atoms with Gasteiger partial charge in [0, 0.05) is 53.7 Å². The molecule has 0 atom stereocenters. The summed E-state index contributed by atoms with van der Waals surface area (Å²) >= 11 is 6.49. The molecular weight excluding hydrogens is 436 g/mol. The summed E-state index contributed by atoms with van der Waals surface area (Å²) in [5.41, 5.74) is 18.8. The van der Waals surface area contributed by atoms with Gasteiger partial charge in [-0.3, -0.25) is 9.59 Å². The van der Waals surface area contributed by atoms with Crippen molar-refractivity contribution in [2.24, 2.45) is 11.5 Å². The highest BCUT2D eigenvalue weighted by Gasteiger charge is 2.22. The summed E-state index contributed by atoms with van der Waals surface area (Å²) in [7, 11) is 0. The minimum atomic E-state index is -0.398. The van der Waals surface area contributed by atoms with E-state index in [9.17, 15) is 9.59 Å². The second-order valence-electron chi connectivity index (χ2n) is 8.73. The molecule has 2 heterocycles. The highest BCUT2D eigenvalue weighted by molar-refractivity contribution is 6.30. The maximum absolute atomic E-state index is 11.5. The van der Waals surface area contributed by atoms with Crippen molar-refractivity contribution in [2.45, 2.75) is 25.9 Å². The SMILES string of the molecule is NC(=O)c1ccc2c(c1)CCN2Cc1cc(Cl)cc(CN2CCc3cc(C(N)=O)ccc32)c1. The van der Waals surface area contributed by atoms with Crippen LogP contribution >= 0.6 is 11.6 Å². The predicted molar refractivity (Wildman–Crippen MR) is 131 cm³/mol. The largest absolute Gasteiger partial charge is 0.367 e. The van der Waals surface area contributed by atoms with Crippen molar-refractivity contribution >= 4 is 34.8 Å². The van der Waals surface area contributed by atoms with Gasteiger partial charge in [-0.05, 0) is 83.6 Å². The smallest absolute Gasteiger partial charge is 0.248 e. The van der Waals surface area contributed by atoms with Gasteiger partial charge in [0.15, 0.2) is 0 Å². The van der Waals surface area contributed by atoms with E-state index in [1.54, 1.807) is 12.1 Å². The first-order valence-corrected chi connectivity index (χ1v) is 11.4. The van der Waals surface area contributed by atoms with E-state index in [1.165, 1.54) is 0 Å². The fourth-order valence-electron chi connectivity index (χ4n) is 4.92. The summed E-state index contributed by atoms with van der Waals surface area (Å²) in [6.07, 6.45) is 1.78. The van der Waals surface area contributed by atoms with Gasteiger partial charge in [-0.2, -0.15) is 0 Å². The lowest BCUT2D eigenvalue weighted by atomic mass is 10.1. The Morgan fingerprint density at radius 3 is 1.61 bits per heavy atom. The third-order valence-electron chi connectivity index (χ3n) is 6.48. The van der Waals surface area contributed by atoms with Crippen LogP contribution in [0.1, 0.15) is 43.0 Å². The number of rotatable bonds is 6. The molecule has 0 saturated heterocycles. The van der Waals surface area contributed by atoms with E-state index >= 15 is 0 Å². The average molecular weight is 461 g/mol. The second kappa shape index (κ2) is 8.45. The fraction of sp³-hybridized carbons (Fsp3) is 0.231. The monoisotopic (exact) mass is 460 g/mol. The number of nitrogens with zero attached hydrogens (tertiary/aromatic N) is 2. The van der Waals surface area contributed by atoms with Crippen molar-refractivity contribution < 1.29 is 9.59 Å². The van der Waals surface area contributed by atoms with E-state index in [1.807, 2.05) is 36.4 Å².